The Bertz CT molecular complexity index is 793. The number of aryl methyl sites for hydroxylation is 1. The molecule has 3 nitrogen and oxygen atoms in total. The van der Waals surface area contributed by atoms with Crippen LogP contribution in [0.25, 0.3) is 22.4 Å². The maximum absolute atomic E-state index is 14.1. The van der Waals surface area contributed by atoms with Crippen LogP contribution in [0.5, 0.6) is 5.75 Å². The molecule has 0 saturated carbocycles. The number of benzene rings is 2. The molecular formula is C16H14ClFN2O. The average molecular weight is 305 g/mol. The Morgan fingerprint density at radius 1 is 1.29 bits per heavy atom. The van der Waals surface area contributed by atoms with Crippen LogP contribution in [0.3, 0.4) is 0 Å². The minimum Gasteiger partial charge on any atom is -0.507 e. The van der Waals surface area contributed by atoms with E-state index in [1.165, 1.54) is 18.2 Å². The predicted octanol–water partition coefficient (Wildman–Crippen LogP) is 4.61. The highest BCUT2D eigenvalue weighted by molar-refractivity contribution is 6.31. The number of rotatable bonds is 3. The Hall–Kier alpha value is -2.07. The normalized spacial score (nSPS) is 11.2. The molecule has 0 spiro atoms. The van der Waals surface area contributed by atoms with Crippen LogP contribution in [-0.2, 0) is 6.54 Å². The van der Waals surface area contributed by atoms with Gasteiger partial charge in [-0.25, -0.2) is 9.37 Å². The van der Waals surface area contributed by atoms with Gasteiger partial charge in [0.2, 0.25) is 0 Å². The minimum absolute atomic E-state index is 0.117. The smallest absolute Gasteiger partial charge is 0.147 e. The molecule has 0 unspecified atom stereocenters. The second kappa shape index (κ2) is 5.37. The van der Waals surface area contributed by atoms with Crippen molar-refractivity contribution in [3.63, 3.8) is 0 Å². The Kier molecular flexibility index (Phi) is 3.55. The number of hydrogen-bond donors (Lipinski definition) is 1. The molecule has 0 atom stereocenters. The van der Waals surface area contributed by atoms with Crippen LogP contribution in [0.4, 0.5) is 4.39 Å². The van der Waals surface area contributed by atoms with Gasteiger partial charge in [-0.3, -0.25) is 0 Å². The van der Waals surface area contributed by atoms with Gasteiger partial charge in [-0.1, -0.05) is 24.6 Å². The summed E-state index contributed by atoms with van der Waals surface area (Å²) < 4.78 is 16.0. The summed E-state index contributed by atoms with van der Waals surface area (Å²) in [4.78, 5) is 4.47. The lowest BCUT2D eigenvalue weighted by atomic mass is 10.1. The number of aromatic hydroxyl groups is 1. The zero-order valence-corrected chi connectivity index (χ0v) is 12.2. The first-order chi connectivity index (χ1) is 10.1. The van der Waals surface area contributed by atoms with E-state index in [0.717, 1.165) is 17.5 Å². The van der Waals surface area contributed by atoms with Crippen molar-refractivity contribution in [3.8, 4) is 17.1 Å². The van der Waals surface area contributed by atoms with Gasteiger partial charge in [0, 0.05) is 11.6 Å². The number of imidazole rings is 1. The van der Waals surface area contributed by atoms with Crippen LogP contribution in [0, 0.1) is 5.82 Å². The van der Waals surface area contributed by atoms with Crippen LogP contribution >= 0.6 is 11.6 Å². The summed E-state index contributed by atoms with van der Waals surface area (Å²) in [6.45, 7) is 2.70. The van der Waals surface area contributed by atoms with E-state index in [-0.39, 0.29) is 11.3 Å². The summed E-state index contributed by atoms with van der Waals surface area (Å²) in [5.74, 6) is -0.188. The molecule has 1 aromatic heterocycles. The molecule has 0 aliphatic heterocycles. The molecular weight excluding hydrogens is 291 g/mol. The number of aromatic nitrogens is 2. The Labute approximate surface area is 126 Å². The highest BCUT2D eigenvalue weighted by Gasteiger charge is 2.18. The lowest BCUT2D eigenvalue weighted by Crippen LogP contribution is -2.01. The zero-order valence-electron chi connectivity index (χ0n) is 11.5. The monoisotopic (exact) mass is 304 g/mol. The summed E-state index contributed by atoms with van der Waals surface area (Å²) >= 11 is 6.04. The number of phenolic OH excluding ortho intramolecular Hbond substituents is 1. The zero-order chi connectivity index (χ0) is 15.0. The minimum atomic E-state index is -0.492. The number of halogens is 2. The van der Waals surface area contributed by atoms with Crippen LogP contribution in [0.1, 0.15) is 13.3 Å². The van der Waals surface area contributed by atoms with Crippen molar-refractivity contribution in [1.82, 2.24) is 9.55 Å². The Morgan fingerprint density at radius 2 is 2.10 bits per heavy atom. The number of hydrogen-bond acceptors (Lipinski definition) is 2. The molecule has 21 heavy (non-hydrogen) atoms. The van der Waals surface area contributed by atoms with E-state index in [1.54, 1.807) is 18.2 Å². The molecule has 5 heteroatoms. The summed E-state index contributed by atoms with van der Waals surface area (Å²) in [6, 6.07) is 9.60. The molecule has 2 aromatic carbocycles. The van der Waals surface area contributed by atoms with Crippen LogP contribution in [0.2, 0.25) is 5.02 Å². The molecule has 0 aliphatic carbocycles. The van der Waals surface area contributed by atoms with Crippen molar-refractivity contribution in [2.24, 2.45) is 0 Å². The fourth-order valence-electron chi connectivity index (χ4n) is 2.47. The van der Waals surface area contributed by atoms with Gasteiger partial charge >= 0.3 is 0 Å². The lowest BCUT2D eigenvalue weighted by Gasteiger charge is -2.10. The molecule has 1 heterocycles. The first-order valence-corrected chi connectivity index (χ1v) is 7.13. The fourth-order valence-corrected chi connectivity index (χ4v) is 2.64. The average Bonchev–Trinajstić information content (AvgIpc) is 2.78. The quantitative estimate of drug-likeness (QED) is 0.767. The second-order valence-electron chi connectivity index (χ2n) is 4.85. The lowest BCUT2D eigenvalue weighted by molar-refractivity contribution is 0.470. The van der Waals surface area contributed by atoms with Gasteiger partial charge in [0.1, 0.15) is 17.4 Å². The van der Waals surface area contributed by atoms with Crippen molar-refractivity contribution in [3.05, 3.63) is 47.2 Å². The van der Waals surface area contributed by atoms with E-state index >= 15 is 0 Å². The van der Waals surface area contributed by atoms with Gasteiger partial charge in [0.15, 0.2) is 0 Å². The predicted molar refractivity (Wildman–Crippen MR) is 82.1 cm³/mol. The number of fused-ring (bicyclic) bond motifs is 1. The molecule has 108 valence electrons. The summed E-state index contributed by atoms with van der Waals surface area (Å²) in [5, 5.41) is 10.6. The fraction of sp³-hybridized carbons (Fsp3) is 0.188. The standard InChI is InChI=1S/C16H14ClFN2O/c1-2-8-20-13-9-10(17)6-7-12(13)19-16(20)15-11(18)4-3-5-14(15)21/h3-7,9,21H,2,8H2,1H3. The third kappa shape index (κ3) is 2.36. The van der Waals surface area contributed by atoms with Crippen LogP contribution in [0.15, 0.2) is 36.4 Å². The van der Waals surface area contributed by atoms with Gasteiger partial charge in [0.25, 0.3) is 0 Å². The third-order valence-electron chi connectivity index (χ3n) is 3.37. The van der Waals surface area contributed by atoms with Gasteiger partial charge in [-0.05, 0) is 36.8 Å². The topological polar surface area (TPSA) is 38.0 Å². The highest BCUT2D eigenvalue weighted by Crippen LogP contribution is 2.34. The first kappa shape index (κ1) is 13.9. The summed E-state index contributed by atoms with van der Waals surface area (Å²) in [5.41, 5.74) is 1.69. The van der Waals surface area contributed by atoms with E-state index in [0.29, 0.717) is 17.4 Å². The molecule has 3 aromatic rings. The van der Waals surface area contributed by atoms with E-state index < -0.39 is 5.82 Å². The van der Waals surface area contributed by atoms with Gasteiger partial charge in [-0.15, -0.1) is 0 Å². The van der Waals surface area contributed by atoms with E-state index in [2.05, 4.69) is 4.98 Å². The molecule has 0 aliphatic rings. The van der Waals surface area contributed by atoms with E-state index in [4.69, 9.17) is 11.6 Å². The number of nitrogens with zero attached hydrogens (tertiary/aromatic N) is 2. The van der Waals surface area contributed by atoms with Gasteiger partial charge in [0.05, 0.1) is 16.6 Å². The molecule has 3 rings (SSSR count). The van der Waals surface area contributed by atoms with E-state index in [9.17, 15) is 9.50 Å². The number of phenols is 1. The Morgan fingerprint density at radius 3 is 2.81 bits per heavy atom. The first-order valence-electron chi connectivity index (χ1n) is 6.75. The summed E-state index contributed by atoms with van der Waals surface area (Å²) in [6.07, 6.45) is 0.861. The SMILES string of the molecule is CCCn1c(-c2c(O)cccc2F)nc2ccc(Cl)cc21. The van der Waals surface area contributed by atoms with Crippen molar-refractivity contribution in [1.29, 1.82) is 0 Å². The molecule has 0 saturated heterocycles. The maximum Gasteiger partial charge on any atom is 0.147 e. The summed E-state index contributed by atoms with van der Waals surface area (Å²) in [7, 11) is 0. The third-order valence-corrected chi connectivity index (χ3v) is 3.61. The van der Waals surface area contributed by atoms with Crippen LogP contribution < -0.4 is 0 Å². The molecule has 1 N–H and O–H groups in total. The van der Waals surface area contributed by atoms with Gasteiger partial charge in [-0.2, -0.15) is 0 Å². The van der Waals surface area contributed by atoms with Crippen molar-refractivity contribution in [2.75, 3.05) is 0 Å². The molecule has 0 radical (unpaired) electrons. The Balaban J connectivity index is 2.34. The van der Waals surface area contributed by atoms with Crippen molar-refractivity contribution >= 4 is 22.6 Å². The molecule has 0 amide bonds. The second-order valence-corrected chi connectivity index (χ2v) is 5.29. The van der Waals surface area contributed by atoms with Crippen LogP contribution in [-0.4, -0.2) is 14.7 Å². The maximum atomic E-state index is 14.1. The largest absolute Gasteiger partial charge is 0.507 e. The molecule has 0 bridgehead atoms. The highest BCUT2D eigenvalue weighted by atomic mass is 35.5. The van der Waals surface area contributed by atoms with Crippen molar-refractivity contribution in [2.45, 2.75) is 19.9 Å². The van der Waals surface area contributed by atoms with E-state index in [1.807, 2.05) is 11.5 Å². The molecule has 0 fully saturated rings. The van der Waals surface area contributed by atoms with Gasteiger partial charge < -0.3 is 9.67 Å². The van der Waals surface area contributed by atoms with Crippen molar-refractivity contribution < 1.29 is 9.50 Å².